The number of ketones is 1. The number of Topliss-reactive ketones (excluding diaryl/α,β-unsaturated/α-hetero) is 1. The van der Waals surface area contributed by atoms with Gasteiger partial charge in [0.05, 0.1) is 13.5 Å². The molecule has 0 saturated heterocycles. The van der Waals surface area contributed by atoms with Crippen LogP contribution in [0.5, 0.6) is 0 Å². The van der Waals surface area contributed by atoms with Crippen molar-refractivity contribution in [2.24, 2.45) is 0 Å². The van der Waals surface area contributed by atoms with Crippen LogP contribution in [0.15, 0.2) is 24.3 Å². The Morgan fingerprint density at radius 1 is 1.17 bits per heavy atom. The van der Waals surface area contributed by atoms with Gasteiger partial charge in [-0.1, -0.05) is 24.3 Å². The van der Waals surface area contributed by atoms with Gasteiger partial charge >= 0.3 is 12.1 Å². The number of hydrogen-bond donors (Lipinski definition) is 0. The Kier molecular flexibility index (Phi) is 4.47. The quantitative estimate of drug-likeness (QED) is 0.474. The summed E-state index contributed by atoms with van der Waals surface area (Å²) in [6.45, 7) is 0. The summed E-state index contributed by atoms with van der Waals surface area (Å²) < 4.78 is 40.6. The van der Waals surface area contributed by atoms with Crippen LogP contribution in [0.3, 0.4) is 0 Å². The summed E-state index contributed by atoms with van der Waals surface area (Å²) in [6, 6.07) is 4.98. The predicted octanol–water partition coefficient (Wildman–Crippen LogP) is 2.54. The average Bonchev–Trinajstić information content (AvgIpc) is 2.27. The zero-order valence-electron chi connectivity index (χ0n) is 9.58. The SMILES string of the molecule is COC(=O)CC(=O)c1ccc(CC(F)(F)F)cc1. The van der Waals surface area contributed by atoms with Gasteiger partial charge in [0.25, 0.3) is 0 Å². The summed E-state index contributed by atoms with van der Waals surface area (Å²) in [5.41, 5.74) is 0.253. The number of hydrogen-bond acceptors (Lipinski definition) is 3. The van der Waals surface area contributed by atoms with E-state index in [1.165, 1.54) is 24.3 Å². The van der Waals surface area contributed by atoms with E-state index in [1.807, 2.05) is 0 Å². The molecule has 0 heterocycles. The van der Waals surface area contributed by atoms with Gasteiger partial charge in [-0.05, 0) is 5.56 Å². The molecule has 0 aliphatic heterocycles. The van der Waals surface area contributed by atoms with Crippen molar-refractivity contribution >= 4 is 11.8 Å². The lowest BCUT2D eigenvalue weighted by molar-refractivity contribution is -0.139. The Bertz CT molecular complexity index is 435. The molecule has 0 bridgehead atoms. The minimum atomic E-state index is -4.28. The topological polar surface area (TPSA) is 43.4 Å². The highest BCUT2D eigenvalue weighted by molar-refractivity contribution is 6.05. The molecule has 1 aromatic carbocycles. The first-order valence-electron chi connectivity index (χ1n) is 5.07. The van der Waals surface area contributed by atoms with Crippen LogP contribution in [-0.4, -0.2) is 25.0 Å². The molecule has 18 heavy (non-hydrogen) atoms. The molecule has 0 aliphatic rings. The van der Waals surface area contributed by atoms with Gasteiger partial charge in [0.2, 0.25) is 0 Å². The number of methoxy groups -OCH3 is 1. The maximum atomic E-state index is 12.1. The molecular weight excluding hydrogens is 249 g/mol. The van der Waals surface area contributed by atoms with Gasteiger partial charge in [0.15, 0.2) is 5.78 Å². The molecule has 0 radical (unpaired) electrons. The largest absolute Gasteiger partial charge is 0.469 e. The number of halogens is 3. The molecule has 0 saturated carbocycles. The lowest BCUT2D eigenvalue weighted by Gasteiger charge is -2.06. The maximum Gasteiger partial charge on any atom is 0.393 e. The fourth-order valence-electron chi connectivity index (χ4n) is 1.35. The van der Waals surface area contributed by atoms with E-state index in [9.17, 15) is 22.8 Å². The first-order valence-corrected chi connectivity index (χ1v) is 5.07. The monoisotopic (exact) mass is 260 g/mol. The van der Waals surface area contributed by atoms with E-state index < -0.39 is 30.8 Å². The summed E-state index contributed by atoms with van der Waals surface area (Å²) in [5, 5.41) is 0. The van der Waals surface area contributed by atoms with Crippen LogP contribution in [0.4, 0.5) is 13.2 Å². The number of alkyl halides is 3. The van der Waals surface area contributed by atoms with Crippen molar-refractivity contribution in [3.05, 3.63) is 35.4 Å². The van der Waals surface area contributed by atoms with E-state index >= 15 is 0 Å². The molecule has 98 valence electrons. The molecule has 0 spiro atoms. The third kappa shape index (κ3) is 4.57. The number of carbonyl (C=O) groups excluding carboxylic acids is 2. The molecule has 6 heteroatoms. The Morgan fingerprint density at radius 2 is 1.72 bits per heavy atom. The number of benzene rings is 1. The van der Waals surface area contributed by atoms with Crippen molar-refractivity contribution in [1.29, 1.82) is 0 Å². The highest BCUT2D eigenvalue weighted by atomic mass is 19.4. The van der Waals surface area contributed by atoms with Crippen molar-refractivity contribution < 1.29 is 27.5 Å². The Hall–Kier alpha value is -1.85. The van der Waals surface area contributed by atoms with Crippen molar-refractivity contribution in [2.75, 3.05) is 7.11 Å². The minimum Gasteiger partial charge on any atom is -0.469 e. The Labute approximate surface area is 102 Å². The van der Waals surface area contributed by atoms with E-state index in [0.29, 0.717) is 0 Å². The number of esters is 1. The number of ether oxygens (including phenoxy) is 1. The first kappa shape index (κ1) is 14.2. The van der Waals surface area contributed by atoms with Crippen molar-refractivity contribution in [3.8, 4) is 0 Å². The van der Waals surface area contributed by atoms with E-state index in [0.717, 1.165) is 7.11 Å². The zero-order chi connectivity index (χ0) is 13.8. The van der Waals surface area contributed by atoms with Crippen LogP contribution < -0.4 is 0 Å². The van der Waals surface area contributed by atoms with Crippen LogP contribution in [-0.2, 0) is 16.0 Å². The van der Waals surface area contributed by atoms with Gasteiger partial charge in [0.1, 0.15) is 6.42 Å². The minimum absolute atomic E-state index is 0.0668. The van der Waals surface area contributed by atoms with Crippen molar-refractivity contribution in [3.63, 3.8) is 0 Å². The molecule has 0 unspecified atom stereocenters. The summed E-state index contributed by atoms with van der Waals surface area (Å²) in [5.74, 6) is -1.17. The molecule has 0 amide bonds. The summed E-state index contributed by atoms with van der Waals surface area (Å²) >= 11 is 0. The van der Waals surface area contributed by atoms with Gasteiger partial charge in [-0.2, -0.15) is 13.2 Å². The van der Waals surface area contributed by atoms with Crippen LogP contribution in [0.2, 0.25) is 0 Å². The molecule has 0 aromatic heterocycles. The highest BCUT2D eigenvalue weighted by Crippen LogP contribution is 2.21. The molecule has 1 aromatic rings. The van der Waals surface area contributed by atoms with Gasteiger partial charge < -0.3 is 4.74 Å². The van der Waals surface area contributed by atoms with Crippen LogP contribution in [0, 0.1) is 0 Å². The molecule has 0 fully saturated rings. The Morgan fingerprint density at radius 3 is 2.17 bits per heavy atom. The van der Waals surface area contributed by atoms with E-state index in [1.54, 1.807) is 0 Å². The molecule has 1 rings (SSSR count). The second-order valence-electron chi connectivity index (χ2n) is 3.66. The van der Waals surface area contributed by atoms with Crippen LogP contribution >= 0.6 is 0 Å². The fourth-order valence-corrected chi connectivity index (χ4v) is 1.35. The second kappa shape index (κ2) is 5.66. The number of carbonyl (C=O) groups is 2. The highest BCUT2D eigenvalue weighted by Gasteiger charge is 2.27. The summed E-state index contributed by atoms with van der Waals surface area (Å²) in [7, 11) is 1.15. The Balaban J connectivity index is 2.71. The van der Waals surface area contributed by atoms with Gasteiger partial charge in [-0.15, -0.1) is 0 Å². The third-order valence-electron chi connectivity index (χ3n) is 2.21. The maximum absolute atomic E-state index is 12.1. The predicted molar refractivity (Wildman–Crippen MR) is 57.2 cm³/mol. The van der Waals surface area contributed by atoms with E-state index in [-0.39, 0.29) is 11.1 Å². The fraction of sp³-hybridized carbons (Fsp3) is 0.333. The summed E-state index contributed by atoms with van der Waals surface area (Å²) in [4.78, 5) is 22.3. The second-order valence-corrected chi connectivity index (χ2v) is 3.66. The average molecular weight is 260 g/mol. The van der Waals surface area contributed by atoms with Gasteiger partial charge in [0, 0.05) is 5.56 Å². The smallest absolute Gasteiger partial charge is 0.393 e. The van der Waals surface area contributed by atoms with Crippen LogP contribution in [0.1, 0.15) is 22.3 Å². The van der Waals surface area contributed by atoms with Gasteiger partial charge in [-0.25, -0.2) is 0 Å². The standard InChI is InChI=1S/C12H11F3O3/c1-18-11(17)6-10(16)9-4-2-8(3-5-9)7-12(13,14)15/h2-5H,6-7H2,1H3. The lowest BCUT2D eigenvalue weighted by atomic mass is 10.0. The third-order valence-corrected chi connectivity index (χ3v) is 2.21. The summed E-state index contributed by atoms with van der Waals surface area (Å²) in [6.07, 6.45) is -5.74. The number of rotatable bonds is 4. The van der Waals surface area contributed by atoms with E-state index in [4.69, 9.17) is 0 Å². The first-order chi connectivity index (χ1) is 8.31. The zero-order valence-corrected chi connectivity index (χ0v) is 9.58. The lowest BCUT2D eigenvalue weighted by Crippen LogP contribution is -2.12. The normalized spacial score (nSPS) is 11.1. The molecule has 3 nitrogen and oxygen atoms in total. The van der Waals surface area contributed by atoms with E-state index in [2.05, 4.69) is 4.74 Å². The molecule has 0 atom stereocenters. The molecule has 0 aliphatic carbocycles. The van der Waals surface area contributed by atoms with Gasteiger partial charge in [-0.3, -0.25) is 9.59 Å². The molecule has 0 N–H and O–H groups in total. The van der Waals surface area contributed by atoms with Crippen molar-refractivity contribution in [1.82, 2.24) is 0 Å². The molecular formula is C12H11F3O3. The van der Waals surface area contributed by atoms with Crippen molar-refractivity contribution in [2.45, 2.75) is 19.0 Å². The van der Waals surface area contributed by atoms with Crippen LogP contribution in [0.25, 0.3) is 0 Å².